The van der Waals surface area contributed by atoms with Crippen molar-refractivity contribution in [3.05, 3.63) is 29.5 Å². The van der Waals surface area contributed by atoms with E-state index in [1.807, 2.05) is 6.92 Å². The Hall–Kier alpha value is -2.17. The van der Waals surface area contributed by atoms with E-state index >= 15 is 0 Å². The molecule has 1 aromatic heterocycles. The summed E-state index contributed by atoms with van der Waals surface area (Å²) in [5, 5.41) is 25.8. The lowest BCUT2D eigenvalue weighted by molar-refractivity contribution is -0.620. The summed E-state index contributed by atoms with van der Waals surface area (Å²) in [6, 6.07) is 6.32. The third-order valence-corrected chi connectivity index (χ3v) is 5.78. The van der Waals surface area contributed by atoms with Crippen molar-refractivity contribution in [1.29, 1.82) is 0 Å². The fourth-order valence-electron chi connectivity index (χ4n) is 2.52. The molecular formula is C15H23N3O6S. The zero-order chi connectivity index (χ0) is 19.0. The fourth-order valence-corrected chi connectivity index (χ4v) is 4.11. The molecule has 25 heavy (non-hydrogen) atoms. The number of carbonyl (C=O) groups is 1. The van der Waals surface area contributed by atoms with Crippen LogP contribution in [-0.4, -0.2) is 34.9 Å². The van der Waals surface area contributed by atoms with Gasteiger partial charge in [0.15, 0.2) is 16.3 Å². The number of benzene rings is 1. The molecule has 1 unspecified atom stereocenters. The molecule has 2 rings (SSSR count). The molecule has 10 heteroatoms. The van der Waals surface area contributed by atoms with Gasteiger partial charge < -0.3 is 15.5 Å². The minimum atomic E-state index is -4.28. The summed E-state index contributed by atoms with van der Waals surface area (Å²) in [4.78, 5) is 13.9. The Balaban J connectivity index is 0.00000151. The molecule has 0 saturated heterocycles. The molecule has 0 aliphatic rings. The molecule has 2 aromatic rings. The summed E-state index contributed by atoms with van der Waals surface area (Å²) in [5.41, 5.74) is 0.525. The molecule has 1 heterocycles. The predicted octanol–water partition coefficient (Wildman–Crippen LogP) is 1.33. The number of para-hydroxylation sites is 2. The number of nitrogens with one attached hydrogen (secondary N) is 1. The number of imidazole rings is 1. The van der Waals surface area contributed by atoms with E-state index in [1.165, 1.54) is 6.07 Å². The highest BCUT2D eigenvalue weighted by Crippen LogP contribution is 2.20. The highest BCUT2D eigenvalue weighted by atomic mass is 32.2. The van der Waals surface area contributed by atoms with Crippen molar-refractivity contribution in [3.63, 3.8) is 0 Å². The van der Waals surface area contributed by atoms with Gasteiger partial charge >= 0.3 is 11.1 Å². The lowest BCUT2D eigenvalue weighted by Gasteiger charge is -2.11. The van der Waals surface area contributed by atoms with E-state index < -0.39 is 26.2 Å². The van der Waals surface area contributed by atoms with E-state index in [1.54, 1.807) is 18.2 Å². The van der Waals surface area contributed by atoms with Crippen LogP contribution in [0, 0.1) is 5.21 Å². The van der Waals surface area contributed by atoms with Gasteiger partial charge in [0.1, 0.15) is 0 Å². The number of unbranched alkanes of at least 4 members (excludes halogenated alkanes) is 3. The van der Waals surface area contributed by atoms with Gasteiger partial charge in [-0.2, -0.15) is 0 Å². The molecule has 1 aromatic carbocycles. The van der Waals surface area contributed by atoms with Crippen LogP contribution in [0.4, 0.5) is 0 Å². The Bertz CT molecular complexity index is 803. The van der Waals surface area contributed by atoms with Gasteiger partial charge in [-0.3, -0.25) is 4.79 Å². The summed E-state index contributed by atoms with van der Waals surface area (Å²) in [5.74, 6) is 2.07. The van der Waals surface area contributed by atoms with Crippen molar-refractivity contribution in [2.24, 2.45) is 5.90 Å². The van der Waals surface area contributed by atoms with Crippen LogP contribution in [0.25, 0.3) is 11.0 Å². The Morgan fingerprint density at radius 1 is 1.28 bits per heavy atom. The van der Waals surface area contributed by atoms with Crippen molar-refractivity contribution in [3.8, 4) is 0 Å². The van der Waals surface area contributed by atoms with Crippen molar-refractivity contribution >= 4 is 26.8 Å². The molecule has 5 N–H and O–H groups in total. The second kappa shape index (κ2) is 9.35. The smallest absolute Gasteiger partial charge is 0.378 e. The van der Waals surface area contributed by atoms with Crippen LogP contribution in [0.15, 0.2) is 29.4 Å². The summed E-state index contributed by atoms with van der Waals surface area (Å²) >= 11 is 0. The number of nitrogens with zero attached hydrogens (tertiary/aromatic N) is 1. The molecule has 0 amide bonds. The van der Waals surface area contributed by atoms with Crippen molar-refractivity contribution in [2.45, 2.75) is 49.4 Å². The minimum Gasteiger partial charge on any atom is -0.710 e. The average Bonchev–Trinajstić information content (AvgIpc) is 2.94. The number of hydrogen-bond donors (Lipinski definition) is 4. The van der Waals surface area contributed by atoms with Crippen molar-refractivity contribution in [2.75, 3.05) is 0 Å². The molecular weight excluding hydrogens is 350 g/mol. The summed E-state index contributed by atoms with van der Waals surface area (Å²) < 4.78 is 25.4. The number of aromatic amines is 1. The SMILES string of the molecule is CCCCCCC(C(=O)O)S(=O)(=O)c1[nH]c2ccccc2[n+]1[O-].NO. The zero-order valence-corrected chi connectivity index (χ0v) is 14.7. The Morgan fingerprint density at radius 3 is 2.48 bits per heavy atom. The monoisotopic (exact) mass is 373 g/mol. The van der Waals surface area contributed by atoms with E-state index in [2.05, 4.69) is 10.9 Å². The first-order valence-electron chi connectivity index (χ1n) is 7.82. The van der Waals surface area contributed by atoms with Gasteiger partial charge in [-0.25, -0.2) is 24.0 Å². The number of rotatable bonds is 8. The standard InChI is InChI=1S/C15H20N2O5S.H3NO/c1-2-3-4-5-10-13(14(18)19)23(21,22)15-16-11-8-6-7-9-12(11)17(15)20;1-2/h6-9,13,16H,2-5,10H2,1H3,(H,18,19);2H,1H2. The Kier molecular flexibility index (Phi) is 7.81. The number of aliphatic carboxylic acids is 1. The number of carboxylic acids is 1. The van der Waals surface area contributed by atoms with Gasteiger partial charge in [-0.15, -0.1) is 0 Å². The van der Waals surface area contributed by atoms with E-state index in [0.29, 0.717) is 11.9 Å². The number of aromatic nitrogens is 2. The third-order valence-electron chi connectivity index (χ3n) is 3.79. The average molecular weight is 373 g/mol. The highest BCUT2D eigenvalue weighted by molar-refractivity contribution is 7.92. The summed E-state index contributed by atoms with van der Waals surface area (Å²) in [6.07, 6.45) is 3.13. The number of carboxylic acid groups (broad SMARTS) is 1. The molecule has 140 valence electrons. The minimum absolute atomic E-state index is 0.00691. The first kappa shape index (κ1) is 20.9. The number of fused-ring (bicyclic) bond motifs is 1. The highest BCUT2D eigenvalue weighted by Gasteiger charge is 2.40. The quantitative estimate of drug-likeness (QED) is 0.235. The topological polar surface area (TPSA) is 160 Å². The van der Waals surface area contributed by atoms with Crippen LogP contribution >= 0.6 is 0 Å². The molecule has 0 spiro atoms. The second-order valence-corrected chi connectivity index (χ2v) is 7.51. The Labute approximate surface area is 145 Å². The largest absolute Gasteiger partial charge is 0.710 e. The van der Waals surface area contributed by atoms with Gasteiger partial charge in [0.25, 0.3) is 9.84 Å². The van der Waals surface area contributed by atoms with Gasteiger partial charge in [-0.1, -0.05) is 44.7 Å². The lowest BCUT2D eigenvalue weighted by atomic mass is 10.1. The van der Waals surface area contributed by atoms with Crippen LogP contribution in [-0.2, 0) is 14.6 Å². The zero-order valence-electron chi connectivity index (χ0n) is 13.9. The maximum absolute atomic E-state index is 12.6. The summed E-state index contributed by atoms with van der Waals surface area (Å²) in [7, 11) is -4.28. The van der Waals surface area contributed by atoms with Crippen LogP contribution in [0.3, 0.4) is 0 Å². The molecule has 0 saturated carbocycles. The number of H-pyrrole nitrogens is 1. The number of hydrogen-bond acceptors (Lipinski definition) is 6. The maximum atomic E-state index is 12.6. The first-order valence-corrected chi connectivity index (χ1v) is 9.37. The van der Waals surface area contributed by atoms with Crippen LogP contribution in [0.1, 0.15) is 39.0 Å². The third kappa shape index (κ3) is 4.68. The van der Waals surface area contributed by atoms with E-state index in [9.17, 15) is 23.5 Å². The van der Waals surface area contributed by atoms with Crippen LogP contribution < -0.4 is 10.6 Å². The van der Waals surface area contributed by atoms with E-state index in [-0.39, 0.29) is 16.7 Å². The predicted molar refractivity (Wildman–Crippen MR) is 90.6 cm³/mol. The summed E-state index contributed by atoms with van der Waals surface area (Å²) in [6.45, 7) is 2.01. The molecule has 1 atom stereocenters. The maximum Gasteiger partial charge on any atom is 0.378 e. The van der Waals surface area contributed by atoms with Crippen molar-refractivity contribution in [1.82, 2.24) is 4.98 Å². The molecule has 0 aliphatic heterocycles. The van der Waals surface area contributed by atoms with Gasteiger partial charge in [0, 0.05) is 0 Å². The van der Waals surface area contributed by atoms with Crippen molar-refractivity contribution < 1.29 is 28.3 Å². The first-order chi connectivity index (χ1) is 11.9. The molecule has 0 radical (unpaired) electrons. The number of sulfone groups is 1. The van der Waals surface area contributed by atoms with Gasteiger partial charge in [-0.05, 0) is 18.6 Å². The normalized spacial score (nSPS) is 12.4. The molecule has 9 nitrogen and oxygen atoms in total. The molecule has 0 aliphatic carbocycles. The molecule has 0 bridgehead atoms. The number of nitrogens with two attached hydrogens (primary N) is 1. The van der Waals surface area contributed by atoms with Gasteiger partial charge in [0.05, 0.1) is 0 Å². The van der Waals surface area contributed by atoms with Crippen LogP contribution in [0.2, 0.25) is 0 Å². The fraction of sp³-hybridized carbons (Fsp3) is 0.467. The van der Waals surface area contributed by atoms with E-state index in [0.717, 1.165) is 19.3 Å². The lowest BCUT2D eigenvalue weighted by Crippen LogP contribution is -2.39. The second-order valence-electron chi connectivity index (χ2n) is 5.46. The van der Waals surface area contributed by atoms with Crippen LogP contribution in [0.5, 0.6) is 0 Å². The Morgan fingerprint density at radius 2 is 1.92 bits per heavy atom. The molecule has 0 fully saturated rings. The van der Waals surface area contributed by atoms with Gasteiger partial charge in [0.2, 0.25) is 0 Å². The van der Waals surface area contributed by atoms with E-state index in [4.69, 9.17) is 5.21 Å².